The first kappa shape index (κ1) is 26.8. The van der Waals surface area contributed by atoms with E-state index < -0.39 is 18.1 Å². The van der Waals surface area contributed by atoms with E-state index in [2.05, 4.69) is 43.1 Å². The summed E-state index contributed by atoms with van der Waals surface area (Å²) in [6, 6.07) is 3.02. The number of amidine groups is 1. The van der Waals surface area contributed by atoms with E-state index in [0.717, 1.165) is 12.8 Å². The highest BCUT2D eigenvalue weighted by Crippen LogP contribution is 2.32. The number of hydrazone groups is 1. The lowest BCUT2D eigenvalue weighted by Crippen LogP contribution is -2.34. The number of methoxy groups -OCH3 is 2. The Balaban J connectivity index is 1.46. The number of alkyl halides is 1. The van der Waals surface area contributed by atoms with Crippen LogP contribution in [0, 0.1) is 17.8 Å². The van der Waals surface area contributed by atoms with Gasteiger partial charge in [-0.15, -0.1) is 0 Å². The molecule has 2 aliphatic heterocycles. The van der Waals surface area contributed by atoms with E-state index in [9.17, 15) is 9.18 Å². The highest BCUT2D eigenvalue weighted by atomic mass is 32.2. The van der Waals surface area contributed by atoms with Crippen molar-refractivity contribution in [3.8, 4) is 23.2 Å². The molecule has 0 saturated heterocycles. The summed E-state index contributed by atoms with van der Waals surface area (Å²) in [5.74, 6) is 6.89. The van der Waals surface area contributed by atoms with Crippen LogP contribution >= 0.6 is 11.8 Å². The third-order valence-electron chi connectivity index (χ3n) is 6.33. The van der Waals surface area contributed by atoms with E-state index in [1.165, 1.54) is 32.0 Å². The number of pyridine rings is 1. The van der Waals surface area contributed by atoms with E-state index in [-0.39, 0.29) is 10.9 Å². The van der Waals surface area contributed by atoms with Gasteiger partial charge in [0.2, 0.25) is 0 Å². The zero-order valence-corrected chi connectivity index (χ0v) is 22.7. The van der Waals surface area contributed by atoms with Crippen LogP contribution in [0.1, 0.15) is 35.7 Å². The highest BCUT2D eigenvalue weighted by Gasteiger charge is 2.28. The van der Waals surface area contributed by atoms with Gasteiger partial charge in [-0.1, -0.05) is 11.8 Å². The topological polar surface area (TPSA) is 115 Å². The molecule has 3 unspecified atom stereocenters. The summed E-state index contributed by atoms with van der Waals surface area (Å²) in [6.45, 7) is 2.58. The van der Waals surface area contributed by atoms with Crippen LogP contribution in [0.15, 0.2) is 47.7 Å². The molecular formula is C27H30FN7O3S. The summed E-state index contributed by atoms with van der Waals surface area (Å²) in [5, 5.41) is 14.9. The summed E-state index contributed by atoms with van der Waals surface area (Å²) in [4.78, 5) is 18.0. The van der Waals surface area contributed by atoms with Gasteiger partial charge in [0.25, 0.3) is 5.91 Å². The number of aromatic nitrogens is 3. The number of amides is 1. The molecule has 1 amide bonds. The number of carbonyl (C=O) groups is 1. The van der Waals surface area contributed by atoms with Crippen LogP contribution in [0.2, 0.25) is 0 Å². The van der Waals surface area contributed by atoms with Crippen molar-refractivity contribution in [3.63, 3.8) is 0 Å². The third-order valence-corrected chi connectivity index (χ3v) is 7.20. The molecule has 1 fully saturated rings. The second kappa shape index (κ2) is 11.9. The minimum Gasteiger partial charge on any atom is -0.495 e. The second-order valence-corrected chi connectivity index (χ2v) is 10.4. The number of rotatable bonds is 8. The Labute approximate surface area is 230 Å². The van der Waals surface area contributed by atoms with Gasteiger partial charge < -0.3 is 14.8 Å². The maximum Gasteiger partial charge on any atom is 0.259 e. The molecule has 0 aromatic carbocycles. The van der Waals surface area contributed by atoms with E-state index >= 15 is 0 Å². The Morgan fingerprint density at radius 2 is 2.18 bits per heavy atom. The Kier molecular flexibility index (Phi) is 8.18. The molecule has 1 saturated carbocycles. The fourth-order valence-electron chi connectivity index (χ4n) is 4.01. The maximum atomic E-state index is 14.3. The fraction of sp³-hybridized carbons (Fsp3) is 0.407. The van der Waals surface area contributed by atoms with Gasteiger partial charge in [0.05, 0.1) is 37.6 Å². The van der Waals surface area contributed by atoms with Crippen LogP contribution in [0.5, 0.6) is 0 Å². The first-order chi connectivity index (χ1) is 18.9. The predicted molar refractivity (Wildman–Crippen MR) is 148 cm³/mol. The van der Waals surface area contributed by atoms with Crippen molar-refractivity contribution in [2.75, 3.05) is 20.8 Å². The number of hydrogen-bond donors (Lipinski definition) is 3. The van der Waals surface area contributed by atoms with Gasteiger partial charge in [-0.2, -0.15) is 10.2 Å². The average Bonchev–Trinajstić information content (AvgIpc) is 3.47. The summed E-state index contributed by atoms with van der Waals surface area (Å²) >= 11 is 1.34. The van der Waals surface area contributed by atoms with E-state index in [0.29, 0.717) is 52.5 Å². The molecule has 0 spiro atoms. The highest BCUT2D eigenvalue weighted by molar-refractivity contribution is 8.14. The smallest absolute Gasteiger partial charge is 0.259 e. The molecule has 0 bridgehead atoms. The molecule has 4 heterocycles. The van der Waals surface area contributed by atoms with Gasteiger partial charge in [0.15, 0.2) is 10.5 Å². The first-order valence-corrected chi connectivity index (χ1v) is 13.5. The Bertz CT molecular complexity index is 1390. The molecular weight excluding hydrogens is 521 g/mol. The molecule has 5 rings (SSSR count). The zero-order valence-electron chi connectivity index (χ0n) is 21.9. The maximum absolute atomic E-state index is 14.3. The van der Waals surface area contributed by atoms with Crippen molar-refractivity contribution < 1.29 is 18.7 Å². The Morgan fingerprint density at radius 3 is 2.92 bits per heavy atom. The summed E-state index contributed by atoms with van der Waals surface area (Å²) < 4.78 is 26.8. The van der Waals surface area contributed by atoms with E-state index in [1.807, 2.05) is 12.3 Å². The van der Waals surface area contributed by atoms with Gasteiger partial charge >= 0.3 is 0 Å². The van der Waals surface area contributed by atoms with Crippen LogP contribution in [0.3, 0.4) is 0 Å². The quantitative estimate of drug-likeness (QED) is 0.429. The number of halogens is 1. The molecule has 39 heavy (non-hydrogen) atoms. The Hall–Kier alpha value is -3.82. The largest absolute Gasteiger partial charge is 0.495 e. The molecule has 3 N–H and O–H groups in total. The number of nitrogens with one attached hydrogen (secondary N) is 3. The SMILES string of the molecule is COCCn1ccc(-c2cc(C3=CC(C(C)F)NC=C3OC)c(C(=O)NC3=NNC(C#CC4CC4)S3)cn2)n1. The third kappa shape index (κ3) is 6.43. The second-order valence-electron chi connectivity index (χ2n) is 9.30. The average molecular weight is 552 g/mol. The number of thioether (sulfide) groups is 1. The van der Waals surface area contributed by atoms with Crippen LogP contribution < -0.4 is 16.1 Å². The number of allylic oxidation sites excluding steroid dienone is 1. The van der Waals surface area contributed by atoms with Crippen molar-refractivity contribution in [1.29, 1.82) is 0 Å². The van der Waals surface area contributed by atoms with Crippen molar-refractivity contribution in [1.82, 2.24) is 30.8 Å². The lowest BCUT2D eigenvalue weighted by molar-refractivity contribution is 0.0977. The van der Waals surface area contributed by atoms with Crippen LogP contribution in [-0.2, 0) is 16.0 Å². The lowest BCUT2D eigenvalue weighted by atomic mass is 9.93. The number of ether oxygens (including phenoxy) is 2. The number of carbonyl (C=O) groups excluding carboxylic acids is 1. The van der Waals surface area contributed by atoms with Gasteiger partial charge in [-0.05, 0) is 49.7 Å². The molecule has 2 aromatic rings. The van der Waals surface area contributed by atoms with Crippen molar-refractivity contribution >= 4 is 28.4 Å². The van der Waals surface area contributed by atoms with E-state index in [1.54, 1.807) is 30.1 Å². The molecule has 204 valence electrons. The van der Waals surface area contributed by atoms with Gasteiger partial charge in [0, 0.05) is 42.8 Å². The monoisotopic (exact) mass is 551 g/mol. The Morgan fingerprint density at radius 1 is 1.33 bits per heavy atom. The van der Waals surface area contributed by atoms with Crippen molar-refractivity contribution in [3.05, 3.63) is 53.7 Å². The predicted octanol–water partition coefficient (Wildman–Crippen LogP) is 2.87. The van der Waals surface area contributed by atoms with Gasteiger partial charge in [-0.25, -0.2) is 4.39 Å². The normalized spacial score (nSPS) is 20.9. The lowest BCUT2D eigenvalue weighted by Gasteiger charge is -2.25. The molecule has 10 nitrogen and oxygen atoms in total. The molecule has 0 radical (unpaired) electrons. The zero-order chi connectivity index (χ0) is 27.4. The summed E-state index contributed by atoms with van der Waals surface area (Å²) in [7, 11) is 3.16. The number of dihydropyridines is 1. The summed E-state index contributed by atoms with van der Waals surface area (Å²) in [5.41, 5.74) is 5.52. The summed E-state index contributed by atoms with van der Waals surface area (Å²) in [6.07, 6.45) is 7.78. The molecule has 3 atom stereocenters. The van der Waals surface area contributed by atoms with E-state index in [4.69, 9.17) is 9.47 Å². The minimum absolute atomic E-state index is 0.212. The minimum atomic E-state index is -1.17. The first-order valence-electron chi connectivity index (χ1n) is 12.7. The van der Waals surface area contributed by atoms with Crippen LogP contribution in [-0.4, -0.2) is 64.3 Å². The fourth-order valence-corrected chi connectivity index (χ4v) is 4.72. The van der Waals surface area contributed by atoms with Gasteiger partial charge in [0.1, 0.15) is 17.6 Å². The molecule has 1 aliphatic carbocycles. The molecule has 2 aromatic heterocycles. The van der Waals surface area contributed by atoms with Gasteiger partial charge in [-0.3, -0.25) is 25.2 Å². The van der Waals surface area contributed by atoms with Crippen molar-refractivity contribution in [2.24, 2.45) is 11.0 Å². The molecule has 3 aliphatic rings. The van der Waals surface area contributed by atoms with Crippen LogP contribution in [0.25, 0.3) is 17.0 Å². The van der Waals surface area contributed by atoms with Crippen molar-refractivity contribution in [2.45, 2.75) is 43.9 Å². The number of hydrogen-bond acceptors (Lipinski definition) is 9. The number of nitrogens with zero attached hydrogens (tertiary/aromatic N) is 4. The molecule has 12 heteroatoms. The van der Waals surface area contributed by atoms with Crippen LogP contribution in [0.4, 0.5) is 4.39 Å². The standard InChI is InChI=1S/C27H30FN7O3S/c1-16(28)22-13-19(24(38-3)15-30-22)18-12-23(21-8-9-35(34-21)10-11-37-2)29-14-20(18)26(36)31-27-33-32-25(39-27)7-6-17-4-5-17/h8-9,12-17,22,25,30,32H,4-5,10-11H2,1-3H3,(H,31,33,36).